The SMILES string of the molecule is CC(C(=O)c1cccc(Br)c1)C1CCCN1. The van der Waals surface area contributed by atoms with Crippen LogP contribution in [0.2, 0.25) is 0 Å². The van der Waals surface area contributed by atoms with Crippen LogP contribution in [-0.2, 0) is 0 Å². The molecule has 2 atom stereocenters. The fourth-order valence-electron chi connectivity index (χ4n) is 2.23. The molecule has 1 aliphatic heterocycles. The summed E-state index contributed by atoms with van der Waals surface area (Å²) < 4.78 is 0.963. The molecule has 1 aliphatic rings. The van der Waals surface area contributed by atoms with Gasteiger partial charge in [0, 0.05) is 22.0 Å². The fraction of sp³-hybridized carbons (Fsp3) is 0.462. The van der Waals surface area contributed by atoms with E-state index in [1.165, 1.54) is 6.42 Å². The van der Waals surface area contributed by atoms with Gasteiger partial charge in [0.25, 0.3) is 0 Å². The topological polar surface area (TPSA) is 29.1 Å². The number of hydrogen-bond acceptors (Lipinski definition) is 2. The number of carbonyl (C=O) groups excluding carboxylic acids is 1. The van der Waals surface area contributed by atoms with E-state index in [0.29, 0.717) is 6.04 Å². The number of halogens is 1. The highest BCUT2D eigenvalue weighted by Crippen LogP contribution is 2.20. The molecule has 1 aromatic carbocycles. The van der Waals surface area contributed by atoms with Crippen molar-refractivity contribution in [2.24, 2.45) is 5.92 Å². The maximum Gasteiger partial charge on any atom is 0.167 e. The molecule has 86 valence electrons. The molecule has 2 rings (SSSR count). The lowest BCUT2D eigenvalue weighted by Crippen LogP contribution is -2.33. The first kappa shape index (κ1) is 11.8. The molecule has 0 amide bonds. The average molecular weight is 282 g/mol. The molecule has 2 nitrogen and oxygen atoms in total. The Bertz CT molecular complexity index is 385. The van der Waals surface area contributed by atoms with Crippen molar-refractivity contribution < 1.29 is 4.79 Å². The molecule has 2 unspecified atom stereocenters. The Morgan fingerprint density at radius 1 is 1.56 bits per heavy atom. The van der Waals surface area contributed by atoms with Gasteiger partial charge in [-0.05, 0) is 31.5 Å². The molecular formula is C13H16BrNO. The molecule has 3 heteroatoms. The van der Waals surface area contributed by atoms with Crippen molar-refractivity contribution in [2.75, 3.05) is 6.54 Å². The molecule has 16 heavy (non-hydrogen) atoms. The lowest BCUT2D eigenvalue weighted by Gasteiger charge is -2.18. The molecule has 0 saturated carbocycles. The first-order valence-electron chi connectivity index (χ1n) is 5.71. The molecule has 0 spiro atoms. The Morgan fingerprint density at radius 3 is 3.00 bits per heavy atom. The molecule has 1 aromatic rings. The molecule has 0 radical (unpaired) electrons. The third kappa shape index (κ3) is 2.53. The summed E-state index contributed by atoms with van der Waals surface area (Å²) in [7, 11) is 0. The monoisotopic (exact) mass is 281 g/mol. The smallest absolute Gasteiger partial charge is 0.167 e. The molecule has 1 fully saturated rings. The number of nitrogens with one attached hydrogen (secondary N) is 1. The van der Waals surface area contributed by atoms with Crippen LogP contribution in [0.4, 0.5) is 0 Å². The van der Waals surface area contributed by atoms with E-state index in [0.717, 1.165) is 23.0 Å². The van der Waals surface area contributed by atoms with Gasteiger partial charge in [0.15, 0.2) is 5.78 Å². The molecule has 0 bridgehead atoms. The number of benzene rings is 1. The zero-order valence-electron chi connectivity index (χ0n) is 9.37. The molecule has 0 aromatic heterocycles. The molecule has 1 heterocycles. The third-order valence-corrected chi connectivity index (χ3v) is 3.72. The number of ketones is 1. The van der Waals surface area contributed by atoms with Crippen molar-refractivity contribution in [3.8, 4) is 0 Å². The Kier molecular flexibility index (Phi) is 3.77. The van der Waals surface area contributed by atoms with Gasteiger partial charge in [0.05, 0.1) is 0 Å². The van der Waals surface area contributed by atoms with Crippen LogP contribution in [0.15, 0.2) is 28.7 Å². The van der Waals surface area contributed by atoms with E-state index in [-0.39, 0.29) is 11.7 Å². The van der Waals surface area contributed by atoms with Gasteiger partial charge in [-0.2, -0.15) is 0 Å². The minimum atomic E-state index is 0.0665. The highest BCUT2D eigenvalue weighted by Gasteiger charge is 2.26. The van der Waals surface area contributed by atoms with Gasteiger partial charge in [-0.15, -0.1) is 0 Å². The van der Waals surface area contributed by atoms with Crippen LogP contribution in [0.1, 0.15) is 30.1 Å². The van der Waals surface area contributed by atoms with Crippen LogP contribution in [0.3, 0.4) is 0 Å². The van der Waals surface area contributed by atoms with Crippen LogP contribution >= 0.6 is 15.9 Å². The summed E-state index contributed by atoms with van der Waals surface area (Å²) >= 11 is 3.40. The first-order valence-corrected chi connectivity index (χ1v) is 6.51. The van der Waals surface area contributed by atoms with E-state index in [2.05, 4.69) is 21.2 Å². The fourth-order valence-corrected chi connectivity index (χ4v) is 2.62. The number of Topliss-reactive ketones (excluding diaryl/α,β-unsaturated/α-hetero) is 1. The van der Waals surface area contributed by atoms with Crippen LogP contribution in [0, 0.1) is 5.92 Å². The Hall–Kier alpha value is -0.670. The van der Waals surface area contributed by atoms with E-state index >= 15 is 0 Å². The van der Waals surface area contributed by atoms with Crippen molar-refractivity contribution in [3.63, 3.8) is 0 Å². The maximum absolute atomic E-state index is 12.2. The summed E-state index contributed by atoms with van der Waals surface area (Å²) in [5, 5.41) is 3.39. The van der Waals surface area contributed by atoms with Crippen molar-refractivity contribution in [3.05, 3.63) is 34.3 Å². The minimum absolute atomic E-state index is 0.0665. The van der Waals surface area contributed by atoms with E-state index in [9.17, 15) is 4.79 Å². The van der Waals surface area contributed by atoms with Gasteiger partial charge in [0.1, 0.15) is 0 Å². The lowest BCUT2D eigenvalue weighted by molar-refractivity contribution is 0.0907. The lowest BCUT2D eigenvalue weighted by atomic mass is 9.92. The first-order chi connectivity index (χ1) is 7.68. The zero-order valence-corrected chi connectivity index (χ0v) is 11.0. The van der Waals surface area contributed by atoms with E-state index in [1.807, 2.05) is 31.2 Å². The van der Waals surface area contributed by atoms with Crippen LogP contribution in [0.5, 0.6) is 0 Å². The molecule has 1 saturated heterocycles. The van der Waals surface area contributed by atoms with Crippen LogP contribution in [0.25, 0.3) is 0 Å². The Labute approximate surface area is 105 Å². The number of rotatable bonds is 3. The highest BCUT2D eigenvalue weighted by atomic mass is 79.9. The Balaban J connectivity index is 2.12. The average Bonchev–Trinajstić information content (AvgIpc) is 2.80. The van der Waals surface area contributed by atoms with Gasteiger partial charge in [-0.25, -0.2) is 0 Å². The van der Waals surface area contributed by atoms with E-state index in [1.54, 1.807) is 0 Å². The van der Waals surface area contributed by atoms with Crippen LogP contribution in [-0.4, -0.2) is 18.4 Å². The summed E-state index contributed by atoms with van der Waals surface area (Å²) in [5.41, 5.74) is 0.801. The van der Waals surface area contributed by atoms with E-state index in [4.69, 9.17) is 0 Å². The predicted octanol–water partition coefficient (Wildman–Crippen LogP) is 3.02. The minimum Gasteiger partial charge on any atom is -0.313 e. The van der Waals surface area contributed by atoms with Gasteiger partial charge in [0.2, 0.25) is 0 Å². The maximum atomic E-state index is 12.2. The zero-order chi connectivity index (χ0) is 11.5. The van der Waals surface area contributed by atoms with Crippen LogP contribution < -0.4 is 5.32 Å². The summed E-state index contributed by atoms with van der Waals surface area (Å²) in [5.74, 6) is 0.303. The van der Waals surface area contributed by atoms with Gasteiger partial charge in [-0.3, -0.25) is 4.79 Å². The summed E-state index contributed by atoms with van der Waals surface area (Å²) in [6.45, 7) is 3.06. The summed E-state index contributed by atoms with van der Waals surface area (Å²) in [6, 6.07) is 7.99. The summed E-state index contributed by atoms with van der Waals surface area (Å²) in [6.07, 6.45) is 2.29. The van der Waals surface area contributed by atoms with E-state index < -0.39 is 0 Å². The summed E-state index contributed by atoms with van der Waals surface area (Å²) in [4.78, 5) is 12.2. The standard InChI is InChI=1S/C13H16BrNO/c1-9(12-6-3-7-15-12)13(16)10-4-2-5-11(14)8-10/h2,4-5,8-9,12,15H,3,6-7H2,1H3. The van der Waals surface area contributed by atoms with Crippen molar-refractivity contribution in [1.82, 2.24) is 5.32 Å². The van der Waals surface area contributed by atoms with Gasteiger partial charge >= 0.3 is 0 Å². The second kappa shape index (κ2) is 5.11. The molecule has 0 aliphatic carbocycles. The number of hydrogen-bond donors (Lipinski definition) is 1. The second-order valence-electron chi connectivity index (χ2n) is 4.37. The quantitative estimate of drug-likeness (QED) is 0.863. The number of carbonyl (C=O) groups is 1. The van der Waals surface area contributed by atoms with Crippen molar-refractivity contribution in [1.29, 1.82) is 0 Å². The van der Waals surface area contributed by atoms with Gasteiger partial charge < -0.3 is 5.32 Å². The van der Waals surface area contributed by atoms with Crippen molar-refractivity contribution in [2.45, 2.75) is 25.8 Å². The van der Waals surface area contributed by atoms with Crippen molar-refractivity contribution >= 4 is 21.7 Å². The predicted molar refractivity (Wildman–Crippen MR) is 68.7 cm³/mol. The second-order valence-corrected chi connectivity index (χ2v) is 5.28. The third-order valence-electron chi connectivity index (χ3n) is 3.22. The largest absolute Gasteiger partial charge is 0.313 e. The van der Waals surface area contributed by atoms with Gasteiger partial charge in [-0.1, -0.05) is 35.0 Å². The molecular weight excluding hydrogens is 266 g/mol. The normalized spacial score (nSPS) is 22.0. The highest BCUT2D eigenvalue weighted by molar-refractivity contribution is 9.10. The Morgan fingerprint density at radius 2 is 2.38 bits per heavy atom. The molecule has 1 N–H and O–H groups in total.